The second-order valence-electron chi connectivity index (χ2n) is 1.02. The zero-order valence-corrected chi connectivity index (χ0v) is 18.1. The largest absolute Gasteiger partial charge is 5.00 e. The van der Waals surface area contributed by atoms with Crippen molar-refractivity contribution < 1.29 is 104 Å². The van der Waals surface area contributed by atoms with Gasteiger partial charge in [0.1, 0.15) is 0 Å². The van der Waals surface area contributed by atoms with Gasteiger partial charge in [-0.3, -0.25) is 21.0 Å². The van der Waals surface area contributed by atoms with E-state index in [1.165, 1.54) is 0 Å². The average Bonchev–Trinajstić information content (AvgIpc) is 1.94. The Morgan fingerprint density at radius 1 is 0.348 bits per heavy atom. The van der Waals surface area contributed by atoms with Gasteiger partial charge in [0.15, 0.2) is 0 Å². The van der Waals surface area contributed by atoms with Crippen molar-refractivity contribution in [2.75, 3.05) is 0 Å². The standard InChI is InChI=1S/5H2O3S.Se.2V/c5*1-4(2)3;;;/h5*(H2,1,2,3);;;/q;;;;;;2*+5/p-10. The number of rotatable bonds is 0. The van der Waals surface area contributed by atoms with E-state index < -0.39 is 56.8 Å². The summed E-state index contributed by atoms with van der Waals surface area (Å²) in [7, 11) is 0. The van der Waals surface area contributed by atoms with Crippen LogP contribution < -0.4 is 0 Å². The predicted molar refractivity (Wildman–Crippen MR) is 54.2 cm³/mol. The van der Waals surface area contributed by atoms with E-state index in [-0.39, 0.29) is 54.2 Å². The summed E-state index contributed by atoms with van der Waals surface area (Å²) in [5.41, 5.74) is 0. The molecule has 0 aliphatic carbocycles. The van der Waals surface area contributed by atoms with Crippen molar-refractivity contribution in [3.8, 4) is 0 Å². The Bertz CT molecular complexity index is 217. The summed E-state index contributed by atoms with van der Waals surface area (Å²) >= 11 is -15.6. The molecule has 0 aliphatic rings. The van der Waals surface area contributed by atoms with Crippen LogP contribution in [0, 0.1) is 0 Å². The van der Waals surface area contributed by atoms with Crippen molar-refractivity contribution >= 4 is 73.9 Å². The molecular weight excluding hydrogens is 581 g/mol. The van der Waals surface area contributed by atoms with E-state index in [2.05, 4.69) is 0 Å². The fourth-order valence-corrected chi connectivity index (χ4v) is 0. The molecule has 0 amide bonds. The van der Waals surface area contributed by atoms with Crippen LogP contribution in [0.2, 0.25) is 0 Å². The van der Waals surface area contributed by atoms with Gasteiger partial charge in [-0.1, -0.05) is 0 Å². The van der Waals surface area contributed by atoms with Crippen molar-refractivity contribution in [2.24, 2.45) is 0 Å². The zero-order chi connectivity index (χ0) is 17.9. The van der Waals surface area contributed by atoms with E-state index in [0.29, 0.717) is 0 Å². The maximum absolute atomic E-state index is 8.44. The summed E-state index contributed by atoms with van der Waals surface area (Å²) in [6.45, 7) is 0. The molecule has 0 aliphatic heterocycles. The molecular formula is O15S5SeV2. The molecule has 0 fully saturated rings. The first-order chi connectivity index (χ1) is 8.66. The molecule has 0 aromatic rings. The molecule has 0 aromatic heterocycles. The monoisotopic (exact) mass is 582 g/mol. The van der Waals surface area contributed by atoms with Crippen molar-refractivity contribution in [3.63, 3.8) is 0 Å². The van der Waals surface area contributed by atoms with E-state index >= 15 is 0 Å². The second-order valence-corrected chi connectivity index (χ2v) is 3.06. The minimum Gasteiger partial charge on any atom is -0.784 e. The van der Waals surface area contributed by atoms with Crippen LogP contribution in [-0.4, -0.2) is 83.6 Å². The van der Waals surface area contributed by atoms with Gasteiger partial charge >= 0.3 is 37.1 Å². The molecule has 136 valence electrons. The molecule has 0 heterocycles. The maximum Gasteiger partial charge on any atom is 5.00 e. The van der Waals surface area contributed by atoms with Crippen molar-refractivity contribution in [3.05, 3.63) is 0 Å². The SMILES string of the molecule is O=S([O-])[O-].O=S([O-])[O-].O=S([O-])[O-].O=S([O-])[O-].O=S([O-])[O-].[Se].[V+5].[V+5]. The van der Waals surface area contributed by atoms with Gasteiger partial charge in [0, 0.05) is 17.1 Å². The normalized spacial score (nSPS) is 7.61. The topological polar surface area (TPSA) is 316 Å². The quantitative estimate of drug-likeness (QED) is 0.190. The first-order valence-electron chi connectivity index (χ1n) is 2.50. The second kappa shape index (κ2) is 43.9. The summed E-state index contributed by atoms with van der Waals surface area (Å²) in [6, 6.07) is 0. The Labute approximate surface area is 176 Å². The number of hydrogen-bond donors (Lipinski definition) is 0. The molecule has 0 aromatic carbocycles. The minimum atomic E-state index is -3.11. The summed E-state index contributed by atoms with van der Waals surface area (Å²) in [5, 5.41) is 0. The fourth-order valence-electron chi connectivity index (χ4n) is 0. The van der Waals surface area contributed by atoms with Gasteiger partial charge in [-0.2, -0.15) is 0 Å². The van der Waals surface area contributed by atoms with Gasteiger partial charge in [-0.25, -0.2) is 0 Å². The first kappa shape index (κ1) is 49.8. The van der Waals surface area contributed by atoms with Crippen molar-refractivity contribution in [1.82, 2.24) is 0 Å². The molecule has 0 atom stereocenters. The number of hydrogen-bond acceptors (Lipinski definition) is 15. The van der Waals surface area contributed by atoms with Crippen LogP contribution in [0.25, 0.3) is 0 Å². The van der Waals surface area contributed by atoms with E-state index in [1.54, 1.807) is 0 Å². The molecule has 0 unspecified atom stereocenters. The molecule has 0 spiro atoms. The minimum absolute atomic E-state index is 0. The van der Waals surface area contributed by atoms with Crippen LogP contribution in [0.15, 0.2) is 0 Å². The van der Waals surface area contributed by atoms with Crippen LogP contribution in [0.4, 0.5) is 0 Å². The van der Waals surface area contributed by atoms with Crippen LogP contribution in [-0.2, 0) is 93.9 Å². The van der Waals surface area contributed by atoms with Gasteiger partial charge in [0.2, 0.25) is 0 Å². The van der Waals surface area contributed by atoms with Crippen molar-refractivity contribution in [1.29, 1.82) is 0 Å². The van der Waals surface area contributed by atoms with E-state index in [1.807, 2.05) is 0 Å². The van der Waals surface area contributed by atoms with E-state index in [4.69, 9.17) is 66.6 Å². The van der Waals surface area contributed by atoms with Gasteiger partial charge in [0.05, 0.1) is 0 Å². The fraction of sp³-hybridized carbons (Fsp3) is 0. The molecule has 0 bridgehead atoms. The molecule has 0 saturated heterocycles. The van der Waals surface area contributed by atoms with Crippen LogP contribution in [0.5, 0.6) is 0 Å². The van der Waals surface area contributed by atoms with Gasteiger partial charge in [0.25, 0.3) is 0 Å². The Morgan fingerprint density at radius 2 is 0.348 bits per heavy atom. The summed E-state index contributed by atoms with van der Waals surface area (Å²) in [5.74, 6) is 0. The first-order valence-corrected chi connectivity index (χ1v) is 7.50. The third-order valence-electron chi connectivity index (χ3n) is 0. The van der Waals surface area contributed by atoms with Crippen molar-refractivity contribution in [2.45, 2.75) is 0 Å². The van der Waals surface area contributed by atoms with Gasteiger partial charge < -0.3 is 45.5 Å². The zero-order valence-electron chi connectivity index (χ0n) is 9.47. The molecule has 15 nitrogen and oxygen atoms in total. The molecule has 0 N–H and O–H groups in total. The Morgan fingerprint density at radius 3 is 0.348 bits per heavy atom. The molecule has 2 radical (unpaired) electrons. The average molecular weight is 581 g/mol. The Balaban J connectivity index is -0.0000000197. The third-order valence-corrected chi connectivity index (χ3v) is 0. The summed E-state index contributed by atoms with van der Waals surface area (Å²) < 4.78 is 127. The molecule has 23 heavy (non-hydrogen) atoms. The van der Waals surface area contributed by atoms with Crippen LogP contribution in [0.3, 0.4) is 0 Å². The molecule has 0 saturated carbocycles. The van der Waals surface area contributed by atoms with Crippen LogP contribution in [0.1, 0.15) is 0 Å². The van der Waals surface area contributed by atoms with Gasteiger partial charge in [-0.15, -0.1) is 56.8 Å². The summed E-state index contributed by atoms with van der Waals surface area (Å²) in [4.78, 5) is 0. The van der Waals surface area contributed by atoms with E-state index in [0.717, 1.165) is 0 Å². The Hall–Kier alpha value is 2.04. The molecule has 0 rings (SSSR count). The molecule has 23 heteroatoms. The van der Waals surface area contributed by atoms with Crippen LogP contribution >= 0.6 is 0 Å². The third kappa shape index (κ3) is 2810. The summed E-state index contributed by atoms with van der Waals surface area (Å²) in [6.07, 6.45) is 0. The Kier molecular flexibility index (Phi) is 95.2. The van der Waals surface area contributed by atoms with Gasteiger partial charge in [-0.05, 0) is 0 Å². The smallest absolute Gasteiger partial charge is 0.784 e. The maximum atomic E-state index is 8.44. The van der Waals surface area contributed by atoms with E-state index in [9.17, 15) is 0 Å². The predicted octanol–water partition coefficient (Wildman–Crippen LogP) is -5.41.